The van der Waals surface area contributed by atoms with Crippen molar-refractivity contribution in [2.75, 3.05) is 4.72 Å². The van der Waals surface area contributed by atoms with Crippen LogP contribution in [0.25, 0.3) is 10.6 Å². The first-order valence-corrected chi connectivity index (χ1v) is 10.2. The number of rotatable bonds is 4. The number of aryl methyl sites for hydroxylation is 1. The minimum absolute atomic E-state index is 0.147. The van der Waals surface area contributed by atoms with Gasteiger partial charge in [0.25, 0.3) is 10.0 Å². The number of hydrogen-bond acceptors (Lipinski definition) is 5. The van der Waals surface area contributed by atoms with Gasteiger partial charge in [-0.1, -0.05) is 21.1 Å². The molecule has 0 unspecified atom stereocenters. The zero-order valence-corrected chi connectivity index (χ0v) is 16.5. The molecule has 5 nitrogen and oxygen atoms in total. The summed E-state index contributed by atoms with van der Waals surface area (Å²) in [5.74, 6) is -2.07. The second kappa shape index (κ2) is 6.91. The van der Waals surface area contributed by atoms with E-state index in [9.17, 15) is 26.0 Å². The van der Waals surface area contributed by atoms with Crippen LogP contribution in [0.15, 0.2) is 44.2 Å². The smallest absolute Gasteiger partial charge is 0.351 e. The van der Waals surface area contributed by atoms with Gasteiger partial charge in [0.1, 0.15) is 16.4 Å². The quantitative estimate of drug-likeness (QED) is 0.501. The lowest BCUT2D eigenvalue weighted by Gasteiger charge is -2.08. The van der Waals surface area contributed by atoms with Crippen LogP contribution in [0.4, 0.5) is 23.2 Å². The number of benzene rings is 1. The Labute approximate surface area is 163 Å². The second-order valence-electron chi connectivity index (χ2n) is 5.33. The van der Waals surface area contributed by atoms with Crippen LogP contribution in [0.3, 0.4) is 0 Å². The number of nitrogens with one attached hydrogen (secondary N) is 1. The minimum atomic E-state index is -4.70. The Morgan fingerprint density at radius 3 is 2.52 bits per heavy atom. The first-order valence-electron chi connectivity index (χ1n) is 7.10. The number of alkyl halides is 3. The summed E-state index contributed by atoms with van der Waals surface area (Å²) in [6.07, 6.45) is -4.70. The van der Waals surface area contributed by atoms with Gasteiger partial charge in [-0.2, -0.15) is 13.2 Å². The fourth-order valence-corrected chi connectivity index (χ4v) is 5.10. The maximum absolute atomic E-state index is 13.9. The lowest BCUT2D eigenvalue weighted by atomic mass is 10.3. The van der Waals surface area contributed by atoms with Gasteiger partial charge in [0.2, 0.25) is 5.76 Å². The normalized spacial score (nSPS) is 12.4. The van der Waals surface area contributed by atoms with E-state index in [1.807, 2.05) is 0 Å². The van der Waals surface area contributed by atoms with Gasteiger partial charge in [0.15, 0.2) is 0 Å². The van der Waals surface area contributed by atoms with E-state index in [2.05, 4.69) is 30.3 Å². The van der Waals surface area contributed by atoms with Crippen molar-refractivity contribution in [3.8, 4) is 10.6 Å². The monoisotopic (exact) mass is 484 g/mol. The lowest BCUT2D eigenvalue weighted by molar-refractivity contribution is -0.155. The van der Waals surface area contributed by atoms with Gasteiger partial charge >= 0.3 is 6.18 Å². The van der Waals surface area contributed by atoms with E-state index in [-0.39, 0.29) is 21.2 Å². The molecule has 12 heteroatoms. The van der Waals surface area contributed by atoms with Crippen LogP contribution >= 0.6 is 27.3 Å². The summed E-state index contributed by atoms with van der Waals surface area (Å²) in [4.78, 5) is 0.274. The molecule has 2 aromatic heterocycles. The van der Waals surface area contributed by atoms with Crippen molar-refractivity contribution in [3.05, 3.63) is 51.3 Å². The van der Waals surface area contributed by atoms with E-state index in [4.69, 9.17) is 0 Å². The van der Waals surface area contributed by atoms with Gasteiger partial charge in [-0.3, -0.25) is 4.72 Å². The Bertz CT molecular complexity index is 1110. The van der Waals surface area contributed by atoms with E-state index in [0.717, 1.165) is 23.5 Å². The highest BCUT2D eigenvalue weighted by Crippen LogP contribution is 2.37. The molecule has 0 spiro atoms. The molecule has 1 aromatic carbocycles. The number of sulfonamides is 1. The first-order chi connectivity index (χ1) is 12.5. The van der Waals surface area contributed by atoms with Crippen LogP contribution in [0.5, 0.6) is 0 Å². The summed E-state index contributed by atoms with van der Waals surface area (Å²) in [6.45, 7) is 1.48. The molecule has 0 bridgehead atoms. The summed E-state index contributed by atoms with van der Waals surface area (Å²) >= 11 is 3.99. The molecule has 0 saturated carbocycles. The summed E-state index contributed by atoms with van der Waals surface area (Å²) in [6, 6.07) is 5.64. The molecular weight excluding hydrogens is 476 g/mol. The van der Waals surface area contributed by atoms with Gasteiger partial charge in [-0.15, -0.1) is 11.3 Å². The fourth-order valence-electron chi connectivity index (χ4n) is 2.16. The highest BCUT2D eigenvalue weighted by Gasteiger charge is 2.36. The van der Waals surface area contributed by atoms with Gasteiger partial charge in [-0.25, -0.2) is 12.8 Å². The number of halogens is 5. The van der Waals surface area contributed by atoms with Crippen LogP contribution in [0, 0.1) is 12.7 Å². The molecule has 0 amide bonds. The SMILES string of the molecule is Cc1sc(-c2cc(C(F)(F)F)on2)cc1S(=O)(=O)Nc1ccc(Br)cc1F. The van der Waals surface area contributed by atoms with Crippen LogP contribution in [0.2, 0.25) is 0 Å². The average Bonchev–Trinajstić information content (AvgIpc) is 3.16. The molecule has 3 aromatic rings. The number of thiophene rings is 1. The van der Waals surface area contributed by atoms with Crippen LogP contribution in [-0.2, 0) is 16.2 Å². The maximum Gasteiger partial charge on any atom is 0.452 e. The van der Waals surface area contributed by atoms with Gasteiger partial charge in [0, 0.05) is 15.4 Å². The van der Waals surface area contributed by atoms with Crippen LogP contribution in [0.1, 0.15) is 10.6 Å². The van der Waals surface area contributed by atoms with Crippen LogP contribution in [-0.4, -0.2) is 13.6 Å². The topological polar surface area (TPSA) is 72.2 Å². The molecule has 144 valence electrons. The molecule has 0 fully saturated rings. The third-order valence-corrected chi connectivity index (χ3v) is 6.57. The van der Waals surface area contributed by atoms with Crippen molar-refractivity contribution in [1.29, 1.82) is 0 Å². The van der Waals surface area contributed by atoms with Crippen molar-refractivity contribution in [2.45, 2.75) is 18.0 Å². The Hall–Kier alpha value is -1.92. The van der Waals surface area contributed by atoms with Crippen molar-refractivity contribution >= 4 is 43.0 Å². The second-order valence-corrected chi connectivity index (χ2v) is 9.16. The minimum Gasteiger partial charge on any atom is -0.351 e. The number of nitrogens with zero attached hydrogens (tertiary/aromatic N) is 1. The zero-order valence-electron chi connectivity index (χ0n) is 13.3. The molecule has 0 aliphatic carbocycles. The lowest BCUT2D eigenvalue weighted by Crippen LogP contribution is -2.14. The highest BCUT2D eigenvalue weighted by atomic mass is 79.9. The van der Waals surface area contributed by atoms with Gasteiger partial charge in [-0.05, 0) is 31.2 Å². The largest absolute Gasteiger partial charge is 0.452 e. The van der Waals surface area contributed by atoms with Gasteiger partial charge < -0.3 is 4.52 Å². The number of aromatic nitrogens is 1. The van der Waals surface area contributed by atoms with Crippen molar-refractivity contribution in [3.63, 3.8) is 0 Å². The summed E-state index contributed by atoms with van der Waals surface area (Å²) < 4.78 is 83.7. The highest BCUT2D eigenvalue weighted by molar-refractivity contribution is 9.10. The summed E-state index contributed by atoms with van der Waals surface area (Å²) in [5.41, 5.74) is -0.405. The molecule has 27 heavy (non-hydrogen) atoms. The fraction of sp³-hybridized carbons (Fsp3) is 0.133. The number of anilines is 1. The standard InChI is InChI=1S/C15H9BrF4N2O3S2/c1-7-13(27(23,24)22-10-3-2-8(16)4-9(10)17)6-12(26-7)11-5-14(25-21-11)15(18,19)20/h2-6,22H,1H3. The Kier molecular flexibility index (Phi) is 5.08. The molecule has 0 aliphatic heterocycles. The number of hydrogen-bond donors (Lipinski definition) is 1. The first kappa shape index (κ1) is 19.8. The third kappa shape index (κ3) is 4.17. The molecule has 0 atom stereocenters. The maximum atomic E-state index is 13.9. The van der Waals surface area contributed by atoms with E-state index in [1.165, 1.54) is 19.1 Å². The third-order valence-electron chi connectivity index (χ3n) is 3.38. The Balaban J connectivity index is 1.94. The average molecular weight is 485 g/mol. The molecule has 0 saturated heterocycles. The van der Waals surface area contributed by atoms with Crippen molar-refractivity contribution in [2.24, 2.45) is 0 Å². The van der Waals surface area contributed by atoms with E-state index < -0.39 is 27.8 Å². The molecular formula is C15H9BrF4N2O3S2. The van der Waals surface area contributed by atoms with E-state index in [0.29, 0.717) is 15.4 Å². The summed E-state index contributed by atoms with van der Waals surface area (Å²) in [7, 11) is -4.16. The van der Waals surface area contributed by atoms with Gasteiger partial charge in [0.05, 0.1) is 10.6 Å². The molecule has 0 radical (unpaired) electrons. The summed E-state index contributed by atoms with van der Waals surface area (Å²) in [5, 5.41) is 3.33. The Morgan fingerprint density at radius 1 is 1.22 bits per heavy atom. The molecule has 3 rings (SSSR count). The molecule has 1 N–H and O–H groups in total. The van der Waals surface area contributed by atoms with Crippen molar-refractivity contribution < 1.29 is 30.5 Å². The molecule has 2 heterocycles. The van der Waals surface area contributed by atoms with Crippen LogP contribution < -0.4 is 4.72 Å². The zero-order chi connectivity index (χ0) is 20.0. The van der Waals surface area contributed by atoms with Crippen molar-refractivity contribution in [1.82, 2.24) is 5.16 Å². The predicted octanol–water partition coefficient (Wildman–Crippen LogP) is 5.43. The Morgan fingerprint density at radius 2 is 1.93 bits per heavy atom. The predicted molar refractivity (Wildman–Crippen MR) is 94.5 cm³/mol. The van der Waals surface area contributed by atoms with E-state index >= 15 is 0 Å². The van der Waals surface area contributed by atoms with E-state index in [1.54, 1.807) is 0 Å². The molecule has 0 aliphatic rings.